The van der Waals surface area contributed by atoms with Crippen LogP contribution in [-0.4, -0.2) is 34.7 Å². The molecular formula is C17H23NO2S. The van der Waals surface area contributed by atoms with Crippen molar-refractivity contribution >= 4 is 17.7 Å². The van der Waals surface area contributed by atoms with Crippen LogP contribution in [0.2, 0.25) is 0 Å². The number of hydrogen-bond acceptors (Lipinski definition) is 3. The SMILES string of the molecule is O=C(NCC1(O)CCSC1)C1(Cc2ccccc2)CCC1. The molecule has 1 atom stereocenters. The summed E-state index contributed by atoms with van der Waals surface area (Å²) in [5, 5.41) is 13.4. The lowest BCUT2D eigenvalue weighted by atomic mass is 9.64. The van der Waals surface area contributed by atoms with E-state index in [4.69, 9.17) is 0 Å². The molecule has 114 valence electrons. The van der Waals surface area contributed by atoms with Gasteiger partial charge in [0.1, 0.15) is 0 Å². The van der Waals surface area contributed by atoms with E-state index in [9.17, 15) is 9.90 Å². The van der Waals surface area contributed by atoms with Gasteiger partial charge in [-0.2, -0.15) is 11.8 Å². The fourth-order valence-corrected chi connectivity index (χ4v) is 4.54. The second kappa shape index (κ2) is 6.01. The Labute approximate surface area is 130 Å². The molecule has 2 fully saturated rings. The van der Waals surface area contributed by atoms with Crippen molar-refractivity contribution in [2.45, 2.75) is 37.7 Å². The molecule has 3 rings (SSSR count). The number of nitrogens with one attached hydrogen (secondary N) is 1. The van der Waals surface area contributed by atoms with Crippen molar-refractivity contribution in [3.05, 3.63) is 35.9 Å². The molecule has 0 bridgehead atoms. The fraction of sp³-hybridized carbons (Fsp3) is 0.588. The molecule has 2 N–H and O–H groups in total. The molecule has 1 aliphatic carbocycles. The highest BCUT2D eigenvalue weighted by Gasteiger charge is 2.44. The summed E-state index contributed by atoms with van der Waals surface area (Å²) in [6.07, 6.45) is 4.64. The Morgan fingerprint density at radius 3 is 2.57 bits per heavy atom. The number of amides is 1. The largest absolute Gasteiger partial charge is 0.387 e. The van der Waals surface area contributed by atoms with E-state index in [0.29, 0.717) is 6.54 Å². The summed E-state index contributed by atoms with van der Waals surface area (Å²) < 4.78 is 0. The summed E-state index contributed by atoms with van der Waals surface area (Å²) in [7, 11) is 0. The lowest BCUT2D eigenvalue weighted by molar-refractivity contribution is -0.137. The molecule has 1 saturated carbocycles. The van der Waals surface area contributed by atoms with E-state index in [0.717, 1.165) is 43.6 Å². The summed E-state index contributed by atoms with van der Waals surface area (Å²) in [6.45, 7) is 0.398. The van der Waals surface area contributed by atoms with Crippen LogP contribution in [0.4, 0.5) is 0 Å². The van der Waals surface area contributed by atoms with E-state index in [1.54, 1.807) is 11.8 Å². The van der Waals surface area contributed by atoms with Crippen LogP contribution in [-0.2, 0) is 11.2 Å². The van der Waals surface area contributed by atoms with Gasteiger partial charge in [0, 0.05) is 12.3 Å². The third kappa shape index (κ3) is 3.27. The van der Waals surface area contributed by atoms with Crippen LogP contribution in [0.25, 0.3) is 0 Å². The molecule has 1 amide bonds. The van der Waals surface area contributed by atoms with Crippen LogP contribution >= 0.6 is 11.8 Å². The Balaban J connectivity index is 1.61. The third-order valence-corrected chi connectivity index (χ3v) is 6.07. The van der Waals surface area contributed by atoms with Gasteiger partial charge in [-0.3, -0.25) is 4.79 Å². The van der Waals surface area contributed by atoms with E-state index in [-0.39, 0.29) is 11.3 Å². The summed E-state index contributed by atoms with van der Waals surface area (Å²) in [6, 6.07) is 10.2. The van der Waals surface area contributed by atoms with Gasteiger partial charge < -0.3 is 10.4 Å². The van der Waals surface area contributed by atoms with Crippen molar-refractivity contribution in [2.75, 3.05) is 18.1 Å². The van der Waals surface area contributed by atoms with Crippen LogP contribution in [0.15, 0.2) is 30.3 Å². The Kier molecular flexibility index (Phi) is 4.27. The molecule has 3 nitrogen and oxygen atoms in total. The highest BCUT2D eigenvalue weighted by Crippen LogP contribution is 2.44. The lowest BCUT2D eigenvalue weighted by Crippen LogP contribution is -2.51. The summed E-state index contributed by atoms with van der Waals surface area (Å²) in [4.78, 5) is 12.6. The normalized spacial score (nSPS) is 27.1. The quantitative estimate of drug-likeness (QED) is 0.878. The van der Waals surface area contributed by atoms with Gasteiger partial charge in [0.2, 0.25) is 5.91 Å². The average Bonchev–Trinajstić information content (AvgIpc) is 2.89. The van der Waals surface area contributed by atoms with Crippen LogP contribution in [0.3, 0.4) is 0 Å². The van der Waals surface area contributed by atoms with Crippen molar-refractivity contribution in [1.29, 1.82) is 0 Å². The molecule has 1 unspecified atom stereocenters. The van der Waals surface area contributed by atoms with E-state index in [2.05, 4.69) is 17.4 Å². The maximum atomic E-state index is 12.6. The number of rotatable bonds is 5. The predicted octanol–water partition coefficient (Wildman–Crippen LogP) is 2.38. The van der Waals surface area contributed by atoms with E-state index in [1.807, 2.05) is 18.2 Å². The van der Waals surface area contributed by atoms with Crippen LogP contribution in [0, 0.1) is 5.41 Å². The van der Waals surface area contributed by atoms with Crippen LogP contribution < -0.4 is 5.32 Å². The molecular weight excluding hydrogens is 282 g/mol. The van der Waals surface area contributed by atoms with Crippen LogP contribution in [0.5, 0.6) is 0 Å². The van der Waals surface area contributed by atoms with Crippen LogP contribution in [0.1, 0.15) is 31.2 Å². The standard InChI is InChI=1S/C17H23NO2S/c19-15(18-12-17(20)9-10-21-13-17)16(7-4-8-16)11-14-5-2-1-3-6-14/h1-3,5-6,20H,4,7-13H2,(H,18,19). The monoisotopic (exact) mass is 305 g/mol. The van der Waals surface area contributed by atoms with Crippen molar-refractivity contribution in [2.24, 2.45) is 5.41 Å². The Morgan fingerprint density at radius 2 is 2.00 bits per heavy atom. The molecule has 1 aromatic rings. The highest BCUT2D eigenvalue weighted by molar-refractivity contribution is 7.99. The first-order chi connectivity index (χ1) is 10.1. The Hall–Kier alpha value is -1.00. The van der Waals surface area contributed by atoms with Gasteiger partial charge in [-0.15, -0.1) is 0 Å². The first kappa shape index (κ1) is 14.9. The van der Waals surface area contributed by atoms with E-state index in [1.165, 1.54) is 5.56 Å². The topological polar surface area (TPSA) is 49.3 Å². The zero-order valence-electron chi connectivity index (χ0n) is 12.3. The summed E-state index contributed by atoms with van der Waals surface area (Å²) in [5.41, 5.74) is 0.282. The molecule has 0 radical (unpaired) electrons. The van der Waals surface area contributed by atoms with Gasteiger partial charge in [-0.05, 0) is 37.0 Å². The van der Waals surface area contributed by atoms with Crippen molar-refractivity contribution in [3.8, 4) is 0 Å². The van der Waals surface area contributed by atoms with Gasteiger partial charge in [-0.1, -0.05) is 36.8 Å². The van der Waals surface area contributed by atoms with Crippen molar-refractivity contribution in [3.63, 3.8) is 0 Å². The summed E-state index contributed by atoms with van der Waals surface area (Å²) in [5.74, 6) is 1.85. The number of benzene rings is 1. The van der Waals surface area contributed by atoms with Crippen molar-refractivity contribution < 1.29 is 9.90 Å². The zero-order valence-corrected chi connectivity index (χ0v) is 13.1. The fourth-order valence-electron chi connectivity index (χ4n) is 3.24. The molecule has 1 aromatic carbocycles. The Morgan fingerprint density at radius 1 is 1.24 bits per heavy atom. The molecule has 0 spiro atoms. The number of aliphatic hydroxyl groups is 1. The minimum Gasteiger partial charge on any atom is -0.387 e. The first-order valence-electron chi connectivity index (χ1n) is 7.74. The smallest absolute Gasteiger partial charge is 0.226 e. The lowest BCUT2D eigenvalue weighted by Gasteiger charge is -2.41. The minimum atomic E-state index is -0.696. The second-order valence-electron chi connectivity index (χ2n) is 6.51. The minimum absolute atomic E-state index is 0.128. The molecule has 0 aromatic heterocycles. The third-order valence-electron chi connectivity index (χ3n) is 4.84. The molecule has 2 aliphatic rings. The number of carbonyl (C=O) groups is 1. The van der Waals surface area contributed by atoms with Gasteiger partial charge in [-0.25, -0.2) is 0 Å². The molecule has 4 heteroatoms. The van der Waals surface area contributed by atoms with E-state index < -0.39 is 5.60 Å². The van der Waals surface area contributed by atoms with Gasteiger partial charge >= 0.3 is 0 Å². The molecule has 1 aliphatic heterocycles. The van der Waals surface area contributed by atoms with Gasteiger partial charge in [0.05, 0.1) is 11.0 Å². The average molecular weight is 305 g/mol. The molecule has 1 saturated heterocycles. The van der Waals surface area contributed by atoms with Crippen molar-refractivity contribution in [1.82, 2.24) is 5.32 Å². The van der Waals surface area contributed by atoms with Gasteiger partial charge in [0.25, 0.3) is 0 Å². The number of thioether (sulfide) groups is 1. The maximum Gasteiger partial charge on any atom is 0.226 e. The predicted molar refractivity (Wildman–Crippen MR) is 86.3 cm³/mol. The second-order valence-corrected chi connectivity index (χ2v) is 7.61. The first-order valence-corrected chi connectivity index (χ1v) is 8.90. The Bertz CT molecular complexity index is 493. The molecule has 21 heavy (non-hydrogen) atoms. The number of hydrogen-bond donors (Lipinski definition) is 2. The molecule has 1 heterocycles. The highest BCUT2D eigenvalue weighted by atomic mass is 32.2. The zero-order chi connectivity index (χ0) is 14.8. The van der Waals surface area contributed by atoms with Gasteiger partial charge in [0.15, 0.2) is 0 Å². The summed E-state index contributed by atoms with van der Waals surface area (Å²) >= 11 is 1.76. The number of carbonyl (C=O) groups excluding carboxylic acids is 1. The van der Waals surface area contributed by atoms with E-state index >= 15 is 0 Å². The maximum absolute atomic E-state index is 12.6.